The van der Waals surface area contributed by atoms with Crippen molar-refractivity contribution in [3.63, 3.8) is 0 Å². The molecule has 0 bridgehead atoms. The molecule has 2 heterocycles. The van der Waals surface area contributed by atoms with Gasteiger partial charge in [-0.15, -0.1) is 11.3 Å². The van der Waals surface area contributed by atoms with Crippen LogP contribution in [-0.2, 0) is 16.0 Å². The van der Waals surface area contributed by atoms with E-state index in [4.69, 9.17) is 4.74 Å². The van der Waals surface area contributed by atoms with Crippen molar-refractivity contribution in [1.29, 1.82) is 0 Å². The summed E-state index contributed by atoms with van der Waals surface area (Å²) in [5, 5.41) is 5.01. The quantitative estimate of drug-likeness (QED) is 0.869. The second-order valence-corrected chi connectivity index (χ2v) is 6.42. The van der Waals surface area contributed by atoms with Crippen molar-refractivity contribution in [2.24, 2.45) is 0 Å². The predicted octanol–water partition coefficient (Wildman–Crippen LogP) is 3.13. The first kappa shape index (κ1) is 14.0. The molecule has 1 aromatic heterocycles. The summed E-state index contributed by atoms with van der Waals surface area (Å²) in [6.45, 7) is 1.61. The molecule has 18 heavy (non-hydrogen) atoms. The summed E-state index contributed by atoms with van der Waals surface area (Å²) < 4.78 is 6.61. The maximum Gasteiger partial charge on any atom is 0.220 e. The van der Waals surface area contributed by atoms with Gasteiger partial charge in [0.05, 0.1) is 6.10 Å². The fourth-order valence-electron chi connectivity index (χ4n) is 2.05. The van der Waals surface area contributed by atoms with Gasteiger partial charge in [0.2, 0.25) is 5.91 Å². The molecule has 0 aliphatic carbocycles. The third-order valence-corrected chi connectivity index (χ3v) is 4.79. The minimum Gasteiger partial charge on any atom is -0.378 e. The number of halogens is 1. The number of carbonyl (C=O) groups excluding carboxylic acids is 1. The number of rotatable bonds is 6. The molecule has 5 heteroatoms. The Morgan fingerprint density at radius 3 is 3.17 bits per heavy atom. The highest BCUT2D eigenvalue weighted by atomic mass is 79.9. The Balaban J connectivity index is 1.57. The van der Waals surface area contributed by atoms with Crippen LogP contribution >= 0.6 is 27.3 Å². The first-order chi connectivity index (χ1) is 8.74. The Labute approximate surface area is 120 Å². The van der Waals surface area contributed by atoms with Gasteiger partial charge in [-0.3, -0.25) is 4.79 Å². The topological polar surface area (TPSA) is 38.3 Å². The van der Waals surface area contributed by atoms with Crippen LogP contribution in [0.5, 0.6) is 0 Å². The summed E-state index contributed by atoms with van der Waals surface area (Å²) in [5.41, 5.74) is 0. The molecule has 1 aliphatic heterocycles. The lowest BCUT2D eigenvalue weighted by Gasteiger charge is -2.09. The van der Waals surface area contributed by atoms with Gasteiger partial charge < -0.3 is 10.1 Å². The van der Waals surface area contributed by atoms with Crippen LogP contribution in [0.25, 0.3) is 0 Å². The maximum absolute atomic E-state index is 11.6. The van der Waals surface area contributed by atoms with E-state index in [2.05, 4.69) is 27.3 Å². The molecule has 0 saturated carbocycles. The molecule has 1 fully saturated rings. The molecule has 2 rings (SSSR count). The molecular weight excluding hydrogens is 314 g/mol. The molecule has 1 N–H and O–H groups in total. The van der Waals surface area contributed by atoms with Crippen LogP contribution in [0.4, 0.5) is 0 Å². The Bertz CT molecular complexity index is 388. The number of hydrogen-bond acceptors (Lipinski definition) is 3. The summed E-state index contributed by atoms with van der Waals surface area (Å²) in [4.78, 5) is 12.9. The second kappa shape index (κ2) is 7.26. The predicted molar refractivity (Wildman–Crippen MR) is 76.9 cm³/mol. The van der Waals surface area contributed by atoms with Crippen LogP contribution in [-0.4, -0.2) is 25.2 Å². The molecule has 3 nitrogen and oxygen atoms in total. The number of thiophene rings is 1. The summed E-state index contributed by atoms with van der Waals surface area (Å²) >= 11 is 5.10. The average molecular weight is 332 g/mol. The van der Waals surface area contributed by atoms with Crippen LogP contribution in [0.15, 0.2) is 15.9 Å². The van der Waals surface area contributed by atoms with E-state index in [0.717, 1.165) is 43.3 Å². The Morgan fingerprint density at radius 1 is 1.61 bits per heavy atom. The molecule has 1 saturated heterocycles. The van der Waals surface area contributed by atoms with Crippen LogP contribution < -0.4 is 5.32 Å². The zero-order chi connectivity index (χ0) is 12.8. The van der Waals surface area contributed by atoms with Gasteiger partial charge in [-0.1, -0.05) is 0 Å². The van der Waals surface area contributed by atoms with E-state index in [9.17, 15) is 4.79 Å². The normalized spacial score (nSPS) is 19.1. The van der Waals surface area contributed by atoms with Gasteiger partial charge in [0.15, 0.2) is 0 Å². The van der Waals surface area contributed by atoms with E-state index in [1.54, 1.807) is 11.3 Å². The fourth-order valence-corrected chi connectivity index (χ4v) is 3.51. The highest BCUT2D eigenvalue weighted by molar-refractivity contribution is 9.10. The molecule has 0 unspecified atom stereocenters. The largest absolute Gasteiger partial charge is 0.378 e. The van der Waals surface area contributed by atoms with E-state index in [1.165, 1.54) is 4.88 Å². The Morgan fingerprint density at radius 2 is 2.50 bits per heavy atom. The number of carbonyl (C=O) groups is 1. The summed E-state index contributed by atoms with van der Waals surface area (Å²) in [5.74, 6) is 0.137. The first-order valence-electron chi connectivity index (χ1n) is 6.35. The van der Waals surface area contributed by atoms with E-state index in [0.29, 0.717) is 12.5 Å². The van der Waals surface area contributed by atoms with Gasteiger partial charge in [0, 0.05) is 34.3 Å². The number of amides is 1. The number of hydrogen-bond donors (Lipinski definition) is 1. The minimum absolute atomic E-state index is 0.137. The average Bonchev–Trinajstić information content (AvgIpc) is 2.98. The van der Waals surface area contributed by atoms with Crippen LogP contribution in [0, 0.1) is 0 Å². The van der Waals surface area contributed by atoms with Gasteiger partial charge in [0.1, 0.15) is 0 Å². The Hall–Kier alpha value is -0.390. The fraction of sp³-hybridized carbons (Fsp3) is 0.615. The minimum atomic E-state index is 0.137. The lowest BCUT2D eigenvalue weighted by molar-refractivity contribution is -0.121. The van der Waals surface area contributed by atoms with E-state index < -0.39 is 0 Å². The molecule has 1 atom stereocenters. The SMILES string of the molecule is O=C(CCc1cc(Br)cs1)NCC[C@H]1CCCO1. The monoisotopic (exact) mass is 331 g/mol. The maximum atomic E-state index is 11.6. The number of nitrogens with one attached hydrogen (secondary N) is 1. The van der Waals surface area contributed by atoms with Gasteiger partial charge in [-0.25, -0.2) is 0 Å². The third kappa shape index (κ3) is 4.71. The van der Waals surface area contributed by atoms with Gasteiger partial charge in [0.25, 0.3) is 0 Å². The van der Waals surface area contributed by atoms with E-state index in [-0.39, 0.29) is 5.91 Å². The van der Waals surface area contributed by atoms with Crippen molar-refractivity contribution in [2.45, 2.75) is 38.2 Å². The van der Waals surface area contributed by atoms with Crippen molar-refractivity contribution in [1.82, 2.24) is 5.32 Å². The second-order valence-electron chi connectivity index (χ2n) is 4.50. The van der Waals surface area contributed by atoms with E-state index >= 15 is 0 Å². The van der Waals surface area contributed by atoms with Gasteiger partial charge in [-0.05, 0) is 47.7 Å². The lowest BCUT2D eigenvalue weighted by atomic mass is 10.2. The van der Waals surface area contributed by atoms with E-state index in [1.807, 2.05) is 5.38 Å². The smallest absolute Gasteiger partial charge is 0.220 e. The molecule has 0 radical (unpaired) electrons. The summed E-state index contributed by atoms with van der Waals surface area (Å²) in [6, 6.07) is 2.07. The van der Waals surface area contributed by atoms with Crippen LogP contribution in [0.2, 0.25) is 0 Å². The van der Waals surface area contributed by atoms with Crippen molar-refractivity contribution < 1.29 is 9.53 Å². The third-order valence-electron chi connectivity index (χ3n) is 3.03. The lowest BCUT2D eigenvalue weighted by Crippen LogP contribution is -2.27. The summed E-state index contributed by atoms with van der Waals surface area (Å²) in [6.07, 6.45) is 4.99. The van der Waals surface area contributed by atoms with Gasteiger partial charge >= 0.3 is 0 Å². The summed E-state index contributed by atoms with van der Waals surface area (Å²) in [7, 11) is 0. The van der Waals surface area contributed by atoms with Crippen molar-refractivity contribution in [3.05, 3.63) is 20.8 Å². The molecule has 1 aliphatic rings. The highest BCUT2D eigenvalue weighted by Gasteiger charge is 2.15. The zero-order valence-corrected chi connectivity index (χ0v) is 12.7. The van der Waals surface area contributed by atoms with Crippen LogP contribution in [0.3, 0.4) is 0 Å². The molecule has 0 aromatic carbocycles. The molecule has 0 spiro atoms. The van der Waals surface area contributed by atoms with Crippen LogP contribution in [0.1, 0.15) is 30.6 Å². The molecular formula is C13H18BrNO2S. The standard InChI is InChI=1S/C13H18BrNO2S/c14-10-8-12(18-9-10)3-4-13(16)15-6-5-11-2-1-7-17-11/h8-9,11H,1-7H2,(H,15,16)/t11-/m1/s1. The van der Waals surface area contributed by atoms with Crippen molar-refractivity contribution in [2.75, 3.05) is 13.2 Å². The van der Waals surface area contributed by atoms with Crippen molar-refractivity contribution >= 4 is 33.2 Å². The molecule has 1 aromatic rings. The van der Waals surface area contributed by atoms with Gasteiger partial charge in [-0.2, -0.15) is 0 Å². The molecule has 100 valence electrons. The molecule has 1 amide bonds. The zero-order valence-electron chi connectivity index (χ0n) is 10.3. The van der Waals surface area contributed by atoms with Crippen molar-refractivity contribution in [3.8, 4) is 0 Å². The number of ether oxygens (including phenoxy) is 1. The number of aryl methyl sites for hydroxylation is 1. The first-order valence-corrected chi connectivity index (χ1v) is 8.02. The Kier molecular flexibility index (Phi) is 5.66. The highest BCUT2D eigenvalue weighted by Crippen LogP contribution is 2.20.